The Kier molecular flexibility index (Phi) is 4.30. The number of amides is 1. The Morgan fingerprint density at radius 1 is 1.44 bits per heavy atom. The maximum atomic E-state index is 11.8. The summed E-state index contributed by atoms with van der Waals surface area (Å²) >= 11 is 0. The summed E-state index contributed by atoms with van der Waals surface area (Å²) in [5.41, 5.74) is 6.90. The van der Waals surface area contributed by atoms with Crippen LogP contribution in [0.2, 0.25) is 0 Å². The molecular weight excluding hydrogens is 258 g/mol. The molecule has 1 aromatic rings. The van der Waals surface area contributed by atoms with Crippen LogP contribution in [0.3, 0.4) is 0 Å². The highest BCUT2D eigenvalue weighted by Gasteiger charge is 2.17. The van der Waals surface area contributed by atoms with Crippen molar-refractivity contribution in [3.05, 3.63) is 11.4 Å². The number of aromatic nitrogens is 2. The predicted octanol–water partition coefficient (Wildman–Crippen LogP) is -1.41. The minimum Gasteiger partial charge on any atom is -0.395 e. The van der Waals surface area contributed by atoms with Crippen molar-refractivity contribution in [1.29, 1.82) is 0 Å². The van der Waals surface area contributed by atoms with Crippen LogP contribution in [0, 0.1) is 6.92 Å². The summed E-state index contributed by atoms with van der Waals surface area (Å²) in [7, 11) is -1.62. The van der Waals surface area contributed by atoms with Crippen LogP contribution in [0.1, 0.15) is 16.2 Å². The summed E-state index contributed by atoms with van der Waals surface area (Å²) in [6.45, 7) is 2.01. The van der Waals surface area contributed by atoms with Crippen molar-refractivity contribution < 1.29 is 13.2 Å². The molecule has 0 radical (unpaired) electrons. The number of aryl methyl sites for hydroxylation is 2. The number of nitrogens with zero attached hydrogens (tertiary/aromatic N) is 2. The van der Waals surface area contributed by atoms with Gasteiger partial charge >= 0.3 is 0 Å². The summed E-state index contributed by atoms with van der Waals surface area (Å²) < 4.78 is 25.3. The van der Waals surface area contributed by atoms with E-state index in [9.17, 15) is 13.2 Å². The molecule has 9 heteroatoms. The van der Waals surface area contributed by atoms with Crippen LogP contribution in [0.15, 0.2) is 0 Å². The van der Waals surface area contributed by atoms with E-state index in [0.29, 0.717) is 11.4 Å². The molecule has 0 bridgehead atoms. The maximum Gasteiger partial charge on any atom is 0.271 e. The molecule has 1 aromatic heterocycles. The molecule has 0 fully saturated rings. The standard InChI is InChI=1S/C9H17N5O3S/c1-6-7(10)8(14(2)13-6)9(15)11-4-5-12-18(3,16)17/h12H,4-5,10H2,1-3H3,(H,11,15). The van der Waals surface area contributed by atoms with Gasteiger partial charge in [-0.2, -0.15) is 5.10 Å². The van der Waals surface area contributed by atoms with Gasteiger partial charge in [-0.1, -0.05) is 0 Å². The zero-order valence-electron chi connectivity index (χ0n) is 10.5. The summed E-state index contributed by atoms with van der Waals surface area (Å²) in [4.78, 5) is 11.8. The summed E-state index contributed by atoms with van der Waals surface area (Å²) in [6, 6.07) is 0. The number of sulfonamides is 1. The molecule has 18 heavy (non-hydrogen) atoms. The molecule has 0 saturated heterocycles. The first-order valence-electron chi connectivity index (χ1n) is 5.24. The van der Waals surface area contributed by atoms with Crippen molar-refractivity contribution in [1.82, 2.24) is 19.8 Å². The van der Waals surface area contributed by atoms with Crippen LogP contribution in [0.5, 0.6) is 0 Å². The van der Waals surface area contributed by atoms with E-state index >= 15 is 0 Å². The lowest BCUT2D eigenvalue weighted by atomic mass is 10.3. The monoisotopic (exact) mass is 275 g/mol. The average Bonchev–Trinajstić information content (AvgIpc) is 2.47. The minimum absolute atomic E-state index is 0.126. The van der Waals surface area contributed by atoms with E-state index < -0.39 is 10.0 Å². The van der Waals surface area contributed by atoms with Crippen molar-refractivity contribution in [2.45, 2.75) is 6.92 Å². The molecule has 0 saturated carbocycles. The predicted molar refractivity (Wildman–Crippen MR) is 67.5 cm³/mol. The van der Waals surface area contributed by atoms with Gasteiger partial charge in [-0.05, 0) is 6.92 Å². The average molecular weight is 275 g/mol. The van der Waals surface area contributed by atoms with Gasteiger partial charge in [0.05, 0.1) is 17.6 Å². The number of nitrogen functional groups attached to an aromatic ring is 1. The molecule has 0 aliphatic carbocycles. The zero-order chi connectivity index (χ0) is 13.9. The number of carbonyl (C=O) groups is 1. The summed E-state index contributed by atoms with van der Waals surface area (Å²) in [6.07, 6.45) is 1.05. The van der Waals surface area contributed by atoms with E-state index in [2.05, 4.69) is 15.1 Å². The first-order chi connectivity index (χ1) is 8.22. The van der Waals surface area contributed by atoms with Crippen LogP contribution in [0.4, 0.5) is 5.69 Å². The van der Waals surface area contributed by atoms with Gasteiger partial charge in [-0.3, -0.25) is 9.48 Å². The van der Waals surface area contributed by atoms with Gasteiger partial charge in [0.1, 0.15) is 5.69 Å². The molecule has 8 nitrogen and oxygen atoms in total. The van der Waals surface area contributed by atoms with E-state index in [-0.39, 0.29) is 24.7 Å². The molecule has 1 heterocycles. The van der Waals surface area contributed by atoms with Crippen LogP contribution in [-0.2, 0) is 17.1 Å². The van der Waals surface area contributed by atoms with Crippen LogP contribution in [0.25, 0.3) is 0 Å². The fourth-order valence-electron chi connectivity index (χ4n) is 1.44. The summed E-state index contributed by atoms with van der Waals surface area (Å²) in [5, 5.41) is 6.58. The van der Waals surface area contributed by atoms with E-state index in [1.807, 2.05) is 0 Å². The second-order valence-corrected chi connectivity index (χ2v) is 5.73. The number of anilines is 1. The maximum absolute atomic E-state index is 11.8. The topological polar surface area (TPSA) is 119 Å². The van der Waals surface area contributed by atoms with Crippen molar-refractivity contribution >= 4 is 21.6 Å². The molecule has 0 spiro atoms. The molecule has 0 atom stereocenters. The van der Waals surface area contributed by atoms with Gasteiger partial charge in [-0.25, -0.2) is 13.1 Å². The first-order valence-corrected chi connectivity index (χ1v) is 7.13. The van der Waals surface area contributed by atoms with Crippen molar-refractivity contribution in [3.63, 3.8) is 0 Å². The smallest absolute Gasteiger partial charge is 0.271 e. The van der Waals surface area contributed by atoms with Gasteiger partial charge in [-0.15, -0.1) is 0 Å². The van der Waals surface area contributed by atoms with E-state index in [4.69, 9.17) is 5.73 Å². The Balaban J connectivity index is 2.56. The highest BCUT2D eigenvalue weighted by atomic mass is 32.2. The molecule has 0 aliphatic rings. The summed E-state index contributed by atoms with van der Waals surface area (Å²) in [5.74, 6) is -0.383. The molecule has 4 N–H and O–H groups in total. The first kappa shape index (κ1) is 14.5. The Morgan fingerprint density at radius 3 is 2.50 bits per heavy atom. The number of hydrogen-bond acceptors (Lipinski definition) is 5. The third-order valence-corrected chi connectivity index (χ3v) is 2.99. The second kappa shape index (κ2) is 5.36. The van der Waals surface area contributed by atoms with Gasteiger partial charge in [0.15, 0.2) is 0 Å². The van der Waals surface area contributed by atoms with Gasteiger partial charge < -0.3 is 11.1 Å². The number of carbonyl (C=O) groups excluding carboxylic acids is 1. The highest BCUT2D eigenvalue weighted by Crippen LogP contribution is 2.14. The van der Waals surface area contributed by atoms with Gasteiger partial charge in [0, 0.05) is 20.1 Å². The van der Waals surface area contributed by atoms with Gasteiger partial charge in [0.2, 0.25) is 10.0 Å². The fraction of sp³-hybridized carbons (Fsp3) is 0.556. The van der Waals surface area contributed by atoms with Crippen molar-refractivity contribution in [2.24, 2.45) is 7.05 Å². The molecule has 0 unspecified atom stereocenters. The van der Waals surface area contributed by atoms with Crippen LogP contribution in [-0.4, -0.2) is 43.5 Å². The minimum atomic E-state index is -3.24. The highest BCUT2D eigenvalue weighted by molar-refractivity contribution is 7.88. The lowest BCUT2D eigenvalue weighted by molar-refractivity contribution is 0.0946. The SMILES string of the molecule is Cc1nn(C)c(C(=O)NCCNS(C)(=O)=O)c1N. The number of nitrogens with two attached hydrogens (primary N) is 1. The third kappa shape index (κ3) is 3.70. The fourth-order valence-corrected chi connectivity index (χ4v) is 1.91. The molecule has 0 aromatic carbocycles. The normalized spacial score (nSPS) is 11.5. The van der Waals surface area contributed by atoms with Crippen LogP contribution >= 0.6 is 0 Å². The molecule has 0 aliphatic heterocycles. The number of hydrogen-bond donors (Lipinski definition) is 3. The third-order valence-electron chi connectivity index (χ3n) is 2.26. The lowest BCUT2D eigenvalue weighted by Gasteiger charge is -2.06. The van der Waals surface area contributed by atoms with Crippen molar-refractivity contribution in [3.8, 4) is 0 Å². The Morgan fingerprint density at radius 2 is 2.06 bits per heavy atom. The molecule has 1 amide bonds. The number of nitrogens with one attached hydrogen (secondary N) is 2. The largest absolute Gasteiger partial charge is 0.395 e. The Bertz CT molecular complexity index is 549. The molecular formula is C9H17N5O3S. The van der Waals surface area contributed by atoms with Gasteiger partial charge in [0.25, 0.3) is 5.91 Å². The van der Waals surface area contributed by atoms with Crippen molar-refractivity contribution in [2.75, 3.05) is 25.1 Å². The quantitative estimate of drug-likeness (QED) is 0.570. The Hall–Kier alpha value is -1.61. The Labute approximate surface area is 106 Å². The van der Waals surface area contributed by atoms with E-state index in [1.54, 1.807) is 14.0 Å². The molecule has 1 rings (SSSR count). The number of rotatable bonds is 5. The van der Waals surface area contributed by atoms with E-state index in [1.165, 1.54) is 4.68 Å². The lowest BCUT2D eigenvalue weighted by Crippen LogP contribution is -2.35. The molecule has 102 valence electrons. The second-order valence-electron chi connectivity index (χ2n) is 3.89. The van der Waals surface area contributed by atoms with Crippen LogP contribution < -0.4 is 15.8 Å². The van der Waals surface area contributed by atoms with E-state index in [0.717, 1.165) is 6.26 Å². The zero-order valence-corrected chi connectivity index (χ0v) is 11.3.